The van der Waals surface area contributed by atoms with E-state index in [0.717, 1.165) is 0 Å². The fraction of sp³-hybridized carbons (Fsp3) is 0.0667. The van der Waals surface area contributed by atoms with E-state index in [0.29, 0.717) is 21.3 Å². The predicted octanol–water partition coefficient (Wildman–Crippen LogP) is 2.93. The van der Waals surface area contributed by atoms with Gasteiger partial charge in [-0.3, -0.25) is 4.79 Å². The first-order chi connectivity index (χ1) is 10.1. The van der Waals surface area contributed by atoms with Crippen LogP contribution in [0, 0.1) is 0 Å². The molecule has 2 aromatic rings. The van der Waals surface area contributed by atoms with E-state index in [1.807, 2.05) is 0 Å². The van der Waals surface area contributed by atoms with Gasteiger partial charge in [-0.25, -0.2) is 5.43 Å². The van der Waals surface area contributed by atoms with E-state index >= 15 is 0 Å². The Balaban J connectivity index is 2.03. The molecular formula is C15H13BrN2O3. The second kappa shape index (κ2) is 6.90. The molecule has 2 N–H and O–H groups in total. The van der Waals surface area contributed by atoms with E-state index in [4.69, 9.17) is 4.74 Å². The summed E-state index contributed by atoms with van der Waals surface area (Å²) in [7, 11) is 1.55. The zero-order chi connectivity index (χ0) is 15.2. The number of aromatic hydroxyl groups is 1. The highest BCUT2D eigenvalue weighted by Crippen LogP contribution is 2.25. The maximum atomic E-state index is 11.9. The molecule has 1 amide bonds. The van der Waals surface area contributed by atoms with Crippen LogP contribution in [0.5, 0.6) is 11.5 Å². The number of hydrazone groups is 1. The van der Waals surface area contributed by atoms with Gasteiger partial charge >= 0.3 is 0 Å². The number of nitrogens with zero attached hydrogens (tertiary/aromatic N) is 1. The van der Waals surface area contributed by atoms with Gasteiger partial charge in [0, 0.05) is 5.56 Å². The lowest BCUT2D eigenvalue weighted by atomic mass is 10.2. The maximum Gasteiger partial charge on any atom is 0.271 e. The van der Waals surface area contributed by atoms with Crippen LogP contribution in [0.4, 0.5) is 0 Å². The molecule has 2 rings (SSSR count). The average Bonchev–Trinajstić information content (AvgIpc) is 2.47. The zero-order valence-corrected chi connectivity index (χ0v) is 12.8. The lowest BCUT2D eigenvalue weighted by Crippen LogP contribution is -2.17. The quantitative estimate of drug-likeness (QED) is 0.659. The molecule has 0 unspecified atom stereocenters. The summed E-state index contributed by atoms with van der Waals surface area (Å²) in [4.78, 5) is 11.9. The van der Waals surface area contributed by atoms with Gasteiger partial charge in [0.05, 0.1) is 17.8 Å². The van der Waals surface area contributed by atoms with Gasteiger partial charge in [0.1, 0.15) is 11.5 Å². The molecule has 0 saturated carbocycles. The van der Waals surface area contributed by atoms with Crippen LogP contribution in [0.3, 0.4) is 0 Å². The maximum absolute atomic E-state index is 11.9. The van der Waals surface area contributed by atoms with Crippen LogP contribution in [0.1, 0.15) is 15.9 Å². The molecule has 0 aliphatic rings. The number of hydrogen-bond acceptors (Lipinski definition) is 4. The van der Waals surface area contributed by atoms with Crippen molar-refractivity contribution in [1.29, 1.82) is 0 Å². The van der Waals surface area contributed by atoms with Gasteiger partial charge in [0.25, 0.3) is 5.91 Å². The minimum atomic E-state index is -0.338. The van der Waals surface area contributed by atoms with E-state index in [-0.39, 0.29) is 11.7 Å². The Morgan fingerprint density at radius 1 is 1.33 bits per heavy atom. The van der Waals surface area contributed by atoms with Crippen molar-refractivity contribution in [2.24, 2.45) is 5.10 Å². The number of halogens is 1. The zero-order valence-electron chi connectivity index (χ0n) is 11.2. The van der Waals surface area contributed by atoms with Crippen LogP contribution in [0.25, 0.3) is 0 Å². The molecule has 0 atom stereocenters. The van der Waals surface area contributed by atoms with Crippen LogP contribution in [0.15, 0.2) is 52.0 Å². The highest BCUT2D eigenvalue weighted by Gasteiger charge is 2.07. The molecular weight excluding hydrogens is 336 g/mol. The molecule has 21 heavy (non-hydrogen) atoms. The van der Waals surface area contributed by atoms with E-state index in [1.165, 1.54) is 6.21 Å². The number of carbonyl (C=O) groups is 1. The Labute approximate surface area is 130 Å². The van der Waals surface area contributed by atoms with Crippen molar-refractivity contribution in [3.63, 3.8) is 0 Å². The van der Waals surface area contributed by atoms with Crippen LogP contribution in [-0.4, -0.2) is 24.3 Å². The number of hydrogen-bond donors (Lipinski definition) is 2. The van der Waals surface area contributed by atoms with Gasteiger partial charge in [0.2, 0.25) is 0 Å². The van der Waals surface area contributed by atoms with Gasteiger partial charge in [-0.1, -0.05) is 12.1 Å². The third-order valence-corrected chi connectivity index (χ3v) is 3.28. The summed E-state index contributed by atoms with van der Waals surface area (Å²) >= 11 is 3.32. The normalized spacial score (nSPS) is 10.6. The van der Waals surface area contributed by atoms with Crippen LogP contribution in [-0.2, 0) is 0 Å². The van der Waals surface area contributed by atoms with Crippen LogP contribution in [0.2, 0.25) is 0 Å². The first-order valence-corrected chi connectivity index (χ1v) is 6.85. The topological polar surface area (TPSA) is 70.9 Å². The number of rotatable bonds is 4. The van der Waals surface area contributed by atoms with Crippen molar-refractivity contribution in [1.82, 2.24) is 5.43 Å². The number of phenols is 1. The average molecular weight is 349 g/mol. The molecule has 5 nitrogen and oxygen atoms in total. The summed E-state index contributed by atoms with van der Waals surface area (Å²) < 4.78 is 5.79. The van der Waals surface area contributed by atoms with Crippen LogP contribution >= 0.6 is 15.9 Å². The number of benzene rings is 2. The van der Waals surface area contributed by atoms with Gasteiger partial charge in [0.15, 0.2) is 0 Å². The Hall–Kier alpha value is -2.34. The molecule has 0 aliphatic carbocycles. The molecule has 6 heteroatoms. The van der Waals surface area contributed by atoms with Crippen molar-refractivity contribution < 1.29 is 14.6 Å². The van der Waals surface area contributed by atoms with Crippen molar-refractivity contribution in [3.8, 4) is 11.5 Å². The van der Waals surface area contributed by atoms with Crippen molar-refractivity contribution in [2.75, 3.05) is 7.11 Å². The third-order valence-electron chi connectivity index (χ3n) is 2.66. The highest BCUT2D eigenvalue weighted by molar-refractivity contribution is 9.10. The number of nitrogens with one attached hydrogen (secondary N) is 1. The first kappa shape index (κ1) is 15.1. The first-order valence-electron chi connectivity index (χ1n) is 6.06. The number of ether oxygens (including phenoxy) is 1. The second-order valence-corrected chi connectivity index (χ2v) is 5.00. The Morgan fingerprint density at radius 3 is 2.81 bits per heavy atom. The van der Waals surface area contributed by atoms with Gasteiger partial charge in [-0.2, -0.15) is 5.10 Å². The molecule has 0 radical (unpaired) electrons. The van der Waals surface area contributed by atoms with Gasteiger partial charge < -0.3 is 9.84 Å². The Morgan fingerprint density at radius 2 is 2.14 bits per heavy atom. The molecule has 2 aromatic carbocycles. The van der Waals surface area contributed by atoms with Gasteiger partial charge in [-0.15, -0.1) is 0 Å². The molecule has 0 aliphatic heterocycles. The van der Waals surface area contributed by atoms with Crippen molar-refractivity contribution in [2.45, 2.75) is 0 Å². The molecule has 0 saturated heterocycles. The minimum absolute atomic E-state index is 0.143. The minimum Gasteiger partial charge on any atom is -0.508 e. The SMILES string of the molecule is COc1ccc(C(=O)NN=Cc2cccc(O)c2)cc1Br. The fourth-order valence-corrected chi connectivity index (χ4v) is 2.18. The Kier molecular flexibility index (Phi) is 4.94. The predicted molar refractivity (Wildman–Crippen MR) is 83.9 cm³/mol. The van der Waals surface area contributed by atoms with Crippen LogP contribution < -0.4 is 10.2 Å². The summed E-state index contributed by atoms with van der Waals surface area (Å²) in [6.07, 6.45) is 1.45. The highest BCUT2D eigenvalue weighted by atomic mass is 79.9. The monoisotopic (exact) mass is 348 g/mol. The van der Waals surface area contributed by atoms with Crippen molar-refractivity contribution >= 4 is 28.1 Å². The lowest BCUT2D eigenvalue weighted by Gasteiger charge is -2.05. The van der Waals surface area contributed by atoms with E-state index in [1.54, 1.807) is 49.6 Å². The third kappa shape index (κ3) is 4.06. The molecule has 0 aromatic heterocycles. The summed E-state index contributed by atoms with van der Waals surface area (Å²) in [5.74, 6) is 0.453. The molecule has 0 fully saturated rings. The van der Waals surface area contributed by atoms with E-state index in [2.05, 4.69) is 26.5 Å². The second-order valence-electron chi connectivity index (χ2n) is 4.14. The summed E-state index contributed by atoms with van der Waals surface area (Å²) in [6, 6.07) is 11.5. The molecule has 108 valence electrons. The molecule has 0 bridgehead atoms. The molecule has 0 spiro atoms. The van der Waals surface area contributed by atoms with Gasteiger partial charge in [-0.05, 0) is 51.8 Å². The van der Waals surface area contributed by atoms with Crippen molar-refractivity contribution in [3.05, 3.63) is 58.1 Å². The van der Waals surface area contributed by atoms with E-state index in [9.17, 15) is 9.90 Å². The molecule has 0 heterocycles. The standard InChI is InChI=1S/C15H13BrN2O3/c1-21-14-6-5-11(8-13(14)16)15(20)18-17-9-10-3-2-4-12(19)7-10/h2-9,19H,1H3,(H,18,20). The summed E-state index contributed by atoms with van der Waals surface area (Å²) in [5.41, 5.74) is 3.56. The summed E-state index contributed by atoms with van der Waals surface area (Å²) in [5, 5.41) is 13.2. The number of phenolic OH excluding ortho intramolecular Hbond substituents is 1. The van der Waals surface area contributed by atoms with E-state index < -0.39 is 0 Å². The lowest BCUT2D eigenvalue weighted by molar-refractivity contribution is 0.0955. The fourth-order valence-electron chi connectivity index (χ4n) is 1.64. The summed E-state index contributed by atoms with van der Waals surface area (Å²) in [6.45, 7) is 0. The largest absolute Gasteiger partial charge is 0.508 e. The smallest absolute Gasteiger partial charge is 0.271 e. The Bertz CT molecular complexity index is 686. The number of methoxy groups -OCH3 is 1. The number of amides is 1. The number of carbonyl (C=O) groups excluding carboxylic acids is 1.